The van der Waals surface area contributed by atoms with Crippen molar-refractivity contribution in [1.29, 1.82) is 10.9 Å². The summed E-state index contributed by atoms with van der Waals surface area (Å²) in [4.78, 5) is 0. The van der Waals surface area contributed by atoms with Gasteiger partial charge < -0.3 is 0 Å². The van der Waals surface area contributed by atoms with Crippen LogP contribution in [0.1, 0.15) is 0 Å². The molecule has 6 nitrogen and oxygen atoms in total. The Kier molecular flexibility index (Phi) is 3.47. The van der Waals surface area contributed by atoms with Gasteiger partial charge in [0.25, 0.3) is 5.39 Å². The second kappa shape index (κ2) is 5.41. The Hall–Kier alpha value is -2.94. The van der Waals surface area contributed by atoms with Gasteiger partial charge in [-0.05, 0) is 35.5 Å². The molecule has 6 heteroatoms. The van der Waals surface area contributed by atoms with Crippen molar-refractivity contribution in [3.8, 4) is 0 Å². The molecule has 0 fully saturated rings. The zero-order chi connectivity index (χ0) is 12.8. The maximum Gasteiger partial charge on any atom is 0.339 e. The molecule has 0 aromatic rings. The van der Waals surface area contributed by atoms with E-state index in [1.54, 1.807) is 24.3 Å². The van der Waals surface area contributed by atoms with E-state index in [0.29, 0.717) is 11.4 Å². The van der Waals surface area contributed by atoms with Crippen molar-refractivity contribution in [3.05, 3.63) is 64.8 Å². The van der Waals surface area contributed by atoms with Gasteiger partial charge in [0, 0.05) is 0 Å². The summed E-state index contributed by atoms with van der Waals surface area (Å²) in [7, 11) is 0. The Morgan fingerprint density at radius 1 is 0.833 bits per heavy atom. The first kappa shape index (κ1) is 11.5. The summed E-state index contributed by atoms with van der Waals surface area (Å²) in [6, 6.07) is 0. The van der Waals surface area contributed by atoms with Gasteiger partial charge in [-0.1, -0.05) is 29.5 Å². The molecule has 0 spiro atoms. The molecule has 1 N–H and O–H groups in total. The summed E-state index contributed by atoms with van der Waals surface area (Å²) in [5.41, 5.74) is 9.90. The van der Waals surface area contributed by atoms with Crippen LogP contribution in [0.4, 0.5) is 0 Å². The number of nitrogens with one attached hydrogen (secondary N) is 1. The molecule has 0 saturated carbocycles. The van der Waals surface area contributed by atoms with Crippen LogP contribution in [-0.4, -0.2) is 11.4 Å². The van der Waals surface area contributed by atoms with Crippen LogP contribution in [0.3, 0.4) is 0 Å². The molecule has 0 radical (unpaired) electrons. The van der Waals surface area contributed by atoms with E-state index in [1.807, 2.05) is 24.3 Å². The number of rotatable bonds is 1. The fraction of sp³-hybridized carbons (Fsp3) is 0. The van der Waals surface area contributed by atoms with Gasteiger partial charge in [-0.2, -0.15) is 5.53 Å². The third-order valence-corrected chi connectivity index (χ3v) is 2.39. The number of hydrogen-bond acceptors (Lipinski definition) is 4. The number of hydrogen-bond donors (Lipinski definition) is 1. The lowest BCUT2D eigenvalue weighted by Crippen LogP contribution is -1.97. The SMILES string of the molecule is N#[N+]N=C1C=CC(=C2C=CC(=NN=N)C=C2)C=C1. The molecule has 0 bridgehead atoms. The van der Waals surface area contributed by atoms with E-state index in [9.17, 15) is 0 Å². The zero-order valence-corrected chi connectivity index (χ0v) is 9.35. The minimum Gasteiger partial charge on any atom is -0.185 e. The van der Waals surface area contributed by atoms with Gasteiger partial charge in [0.2, 0.25) is 0 Å². The summed E-state index contributed by atoms with van der Waals surface area (Å²) >= 11 is 0. The van der Waals surface area contributed by atoms with Crippen molar-refractivity contribution >= 4 is 11.4 Å². The molecule has 0 heterocycles. The van der Waals surface area contributed by atoms with Gasteiger partial charge in [-0.25, -0.2) is 0 Å². The molecule has 0 amide bonds. The molecule has 0 saturated heterocycles. The molecule has 0 aromatic heterocycles. The van der Waals surface area contributed by atoms with Crippen LogP contribution >= 0.6 is 0 Å². The molecule has 86 valence electrons. The molecule has 2 aliphatic rings. The normalized spacial score (nSPS) is 16.8. The minimum absolute atomic E-state index is 0.584. The van der Waals surface area contributed by atoms with Gasteiger partial charge in [0.1, 0.15) is 0 Å². The van der Waals surface area contributed by atoms with Crippen molar-refractivity contribution in [1.82, 2.24) is 0 Å². The van der Waals surface area contributed by atoms with Gasteiger partial charge in [-0.15, -0.1) is 5.10 Å². The Morgan fingerprint density at radius 3 is 1.78 bits per heavy atom. The number of nitrogens with zero attached hydrogens (tertiary/aromatic N) is 5. The van der Waals surface area contributed by atoms with Crippen molar-refractivity contribution < 1.29 is 0 Å². The monoisotopic (exact) mass is 237 g/mol. The first-order valence-electron chi connectivity index (χ1n) is 5.16. The first-order chi connectivity index (χ1) is 8.83. The third-order valence-electron chi connectivity index (χ3n) is 2.39. The van der Waals surface area contributed by atoms with Crippen LogP contribution in [0.15, 0.2) is 75.2 Å². The lowest BCUT2D eigenvalue weighted by Gasteiger charge is -2.06. The molecule has 0 atom stereocenters. The van der Waals surface area contributed by atoms with Gasteiger partial charge in [0.05, 0.1) is 5.71 Å². The average molecular weight is 237 g/mol. The zero-order valence-electron chi connectivity index (χ0n) is 9.35. The predicted octanol–water partition coefficient (Wildman–Crippen LogP) is 3.13. The van der Waals surface area contributed by atoms with Crippen molar-refractivity contribution in [2.45, 2.75) is 0 Å². The van der Waals surface area contributed by atoms with Crippen LogP contribution in [-0.2, 0) is 0 Å². The van der Waals surface area contributed by atoms with Gasteiger partial charge >= 0.3 is 5.08 Å². The Morgan fingerprint density at radius 2 is 1.33 bits per heavy atom. The summed E-state index contributed by atoms with van der Waals surface area (Å²) in [6.45, 7) is 0. The average Bonchev–Trinajstić information content (AvgIpc) is 2.41. The van der Waals surface area contributed by atoms with Crippen LogP contribution in [0.2, 0.25) is 0 Å². The molecule has 2 aliphatic carbocycles. The highest BCUT2D eigenvalue weighted by atomic mass is 15.3. The fourth-order valence-electron chi connectivity index (χ4n) is 1.55. The van der Waals surface area contributed by atoms with E-state index in [4.69, 9.17) is 10.9 Å². The molecular formula is C12H9N6+. The molecule has 0 unspecified atom stereocenters. The second-order valence-electron chi connectivity index (χ2n) is 3.48. The smallest absolute Gasteiger partial charge is 0.185 e. The van der Waals surface area contributed by atoms with Crippen molar-refractivity contribution in [2.75, 3.05) is 0 Å². The van der Waals surface area contributed by atoms with E-state index in [2.05, 4.69) is 20.5 Å². The molecular weight excluding hydrogens is 228 g/mol. The summed E-state index contributed by atoms with van der Waals surface area (Å²) in [6.07, 6.45) is 14.6. The maximum absolute atomic E-state index is 8.31. The van der Waals surface area contributed by atoms with Gasteiger partial charge in [0.15, 0.2) is 10.8 Å². The largest absolute Gasteiger partial charge is 0.339 e. The first-order valence-corrected chi connectivity index (χ1v) is 5.16. The van der Waals surface area contributed by atoms with Crippen LogP contribution in [0.25, 0.3) is 5.08 Å². The Labute approximate surface area is 103 Å². The topological polar surface area (TPSA) is 89.1 Å². The van der Waals surface area contributed by atoms with Gasteiger partial charge in [-0.3, -0.25) is 0 Å². The van der Waals surface area contributed by atoms with Crippen LogP contribution < -0.4 is 0 Å². The van der Waals surface area contributed by atoms with Crippen LogP contribution in [0, 0.1) is 10.9 Å². The molecule has 0 aliphatic heterocycles. The van der Waals surface area contributed by atoms with E-state index in [1.165, 1.54) is 0 Å². The summed E-state index contributed by atoms with van der Waals surface area (Å²) < 4.78 is 0. The maximum atomic E-state index is 8.31. The second-order valence-corrected chi connectivity index (χ2v) is 3.48. The molecule has 2 rings (SSSR count). The predicted molar refractivity (Wildman–Crippen MR) is 68.7 cm³/mol. The standard InChI is InChI=1S/C12H9N6/c13-17-15-11-5-1-9(2-6-11)10-3-7-12(8-4-10)16-18-14/h1-8,13H/q+1. The summed E-state index contributed by atoms with van der Waals surface area (Å²) in [5, 5.41) is 21.1. The van der Waals surface area contributed by atoms with Crippen molar-refractivity contribution in [3.63, 3.8) is 0 Å². The number of allylic oxidation sites excluding steroid dienone is 10. The highest BCUT2D eigenvalue weighted by Gasteiger charge is 2.06. The van der Waals surface area contributed by atoms with Crippen molar-refractivity contribution in [2.24, 2.45) is 15.4 Å². The van der Waals surface area contributed by atoms with E-state index in [0.717, 1.165) is 11.1 Å². The fourth-order valence-corrected chi connectivity index (χ4v) is 1.55. The molecule has 0 aromatic carbocycles. The van der Waals surface area contributed by atoms with E-state index in [-0.39, 0.29) is 0 Å². The quantitative estimate of drug-likeness (QED) is 0.423. The lowest BCUT2D eigenvalue weighted by molar-refractivity contribution is 0.992. The Bertz CT molecular complexity index is 583. The highest BCUT2D eigenvalue weighted by molar-refractivity contribution is 6.07. The molecule has 18 heavy (non-hydrogen) atoms. The highest BCUT2D eigenvalue weighted by Crippen LogP contribution is 2.17. The minimum atomic E-state index is 0.584. The third kappa shape index (κ3) is 2.59. The van der Waals surface area contributed by atoms with E-state index >= 15 is 0 Å². The number of diazo groups is 1. The van der Waals surface area contributed by atoms with E-state index < -0.39 is 0 Å². The Balaban J connectivity index is 2.23. The van der Waals surface area contributed by atoms with Crippen LogP contribution in [0.5, 0.6) is 0 Å². The summed E-state index contributed by atoms with van der Waals surface area (Å²) in [5.74, 6) is 0. The lowest BCUT2D eigenvalue weighted by atomic mass is 9.98.